The van der Waals surface area contributed by atoms with Crippen molar-refractivity contribution < 1.29 is 18.7 Å². The smallest absolute Gasteiger partial charge is 0.342 e. The van der Waals surface area contributed by atoms with Crippen LogP contribution in [-0.4, -0.2) is 18.5 Å². The molecule has 0 fully saturated rings. The fourth-order valence-electron chi connectivity index (χ4n) is 2.66. The molecule has 0 spiro atoms. The van der Waals surface area contributed by atoms with Crippen LogP contribution < -0.4 is 5.32 Å². The summed E-state index contributed by atoms with van der Waals surface area (Å²) in [6.45, 7) is 3.09. The fourth-order valence-corrected chi connectivity index (χ4v) is 3.47. The van der Waals surface area contributed by atoms with E-state index < -0.39 is 5.97 Å². The number of carbonyl (C=O) groups is 2. The number of esters is 1. The van der Waals surface area contributed by atoms with E-state index in [9.17, 15) is 9.59 Å². The third kappa shape index (κ3) is 4.21. The van der Waals surface area contributed by atoms with E-state index in [0.717, 1.165) is 10.4 Å². The maximum Gasteiger partial charge on any atom is 0.342 e. The molecule has 0 aliphatic heterocycles. The van der Waals surface area contributed by atoms with Gasteiger partial charge in [0.1, 0.15) is 17.1 Å². The number of rotatable bonds is 6. The molecule has 2 aromatic heterocycles. The Morgan fingerprint density at radius 2 is 1.92 bits per heavy atom. The van der Waals surface area contributed by atoms with Crippen molar-refractivity contribution in [2.45, 2.75) is 19.9 Å². The van der Waals surface area contributed by atoms with E-state index in [1.165, 1.54) is 0 Å². The molecule has 1 amide bonds. The Kier molecular flexibility index (Phi) is 5.53. The number of benzene rings is 1. The van der Waals surface area contributed by atoms with E-state index >= 15 is 0 Å². The summed E-state index contributed by atoms with van der Waals surface area (Å²) in [5.41, 5.74) is 1.31. The summed E-state index contributed by atoms with van der Waals surface area (Å²) in [7, 11) is 0. The van der Waals surface area contributed by atoms with Gasteiger partial charge in [-0.2, -0.15) is 0 Å². The predicted molar refractivity (Wildman–Crippen MR) is 99.2 cm³/mol. The highest BCUT2D eigenvalue weighted by molar-refractivity contribution is 7.10. The van der Waals surface area contributed by atoms with Crippen molar-refractivity contribution in [3.63, 3.8) is 0 Å². The van der Waals surface area contributed by atoms with E-state index in [1.807, 2.05) is 47.8 Å². The van der Waals surface area contributed by atoms with Crippen molar-refractivity contribution in [3.8, 4) is 0 Å². The summed E-state index contributed by atoms with van der Waals surface area (Å²) in [5, 5.41) is 4.89. The van der Waals surface area contributed by atoms with E-state index in [4.69, 9.17) is 9.15 Å². The molecule has 26 heavy (non-hydrogen) atoms. The van der Waals surface area contributed by atoms with Crippen LogP contribution in [0.25, 0.3) is 0 Å². The number of ether oxygens (including phenoxy) is 1. The van der Waals surface area contributed by atoms with Crippen LogP contribution in [0.15, 0.2) is 58.3 Å². The standard InChI is InChI=1S/C20H19NO4S/c1-13-11-16(14(2)25-13)20(23)24-12-18(22)21-19(17-9-6-10-26-17)15-7-4-3-5-8-15/h3-11,19H,12H2,1-2H3,(H,21,22)/t19-/m0/s1. The zero-order valence-electron chi connectivity index (χ0n) is 14.5. The number of aryl methyl sites for hydroxylation is 2. The lowest BCUT2D eigenvalue weighted by Crippen LogP contribution is -2.32. The van der Waals surface area contributed by atoms with E-state index in [0.29, 0.717) is 17.1 Å². The Bertz CT molecular complexity index is 884. The number of hydrogen-bond acceptors (Lipinski definition) is 5. The van der Waals surface area contributed by atoms with Gasteiger partial charge >= 0.3 is 5.97 Å². The van der Waals surface area contributed by atoms with Gasteiger partial charge in [-0.25, -0.2) is 4.79 Å². The molecule has 0 unspecified atom stereocenters. The fraction of sp³-hybridized carbons (Fsp3) is 0.200. The zero-order chi connectivity index (χ0) is 18.5. The molecule has 1 aromatic carbocycles. The summed E-state index contributed by atoms with van der Waals surface area (Å²) in [5.74, 6) is 0.176. The van der Waals surface area contributed by atoms with Gasteiger partial charge in [-0.05, 0) is 36.9 Å². The first-order chi connectivity index (χ1) is 12.5. The monoisotopic (exact) mass is 369 g/mol. The van der Waals surface area contributed by atoms with Gasteiger partial charge in [0.25, 0.3) is 5.91 Å². The van der Waals surface area contributed by atoms with Gasteiger partial charge in [-0.15, -0.1) is 11.3 Å². The van der Waals surface area contributed by atoms with Crippen LogP contribution in [0.5, 0.6) is 0 Å². The van der Waals surface area contributed by atoms with Gasteiger partial charge in [0.2, 0.25) is 0 Å². The summed E-state index contributed by atoms with van der Waals surface area (Å²) in [4.78, 5) is 25.5. The lowest BCUT2D eigenvalue weighted by molar-refractivity contribution is -0.124. The molecular formula is C20H19NO4S. The van der Waals surface area contributed by atoms with Gasteiger partial charge in [-0.3, -0.25) is 4.79 Å². The first-order valence-electron chi connectivity index (χ1n) is 8.16. The van der Waals surface area contributed by atoms with Crippen molar-refractivity contribution in [2.75, 3.05) is 6.61 Å². The van der Waals surface area contributed by atoms with E-state index in [2.05, 4.69) is 5.32 Å². The van der Waals surface area contributed by atoms with Crippen LogP contribution in [-0.2, 0) is 9.53 Å². The Morgan fingerprint density at radius 1 is 1.15 bits per heavy atom. The molecule has 2 heterocycles. The predicted octanol–water partition coefficient (Wildman–Crippen LogP) is 4.02. The summed E-state index contributed by atoms with van der Waals surface area (Å²) < 4.78 is 10.4. The van der Waals surface area contributed by atoms with Crippen molar-refractivity contribution >= 4 is 23.2 Å². The van der Waals surface area contributed by atoms with Crippen molar-refractivity contribution in [1.82, 2.24) is 5.32 Å². The highest BCUT2D eigenvalue weighted by atomic mass is 32.1. The lowest BCUT2D eigenvalue weighted by Gasteiger charge is -2.18. The topological polar surface area (TPSA) is 68.5 Å². The number of furan rings is 1. The third-order valence-electron chi connectivity index (χ3n) is 3.86. The molecule has 3 rings (SSSR count). The average Bonchev–Trinajstić information content (AvgIpc) is 3.28. The van der Waals surface area contributed by atoms with Crippen LogP contribution in [0.1, 0.15) is 38.4 Å². The van der Waals surface area contributed by atoms with Gasteiger partial charge in [0, 0.05) is 4.88 Å². The van der Waals surface area contributed by atoms with E-state index in [-0.39, 0.29) is 18.6 Å². The second kappa shape index (κ2) is 8.01. The Morgan fingerprint density at radius 3 is 2.54 bits per heavy atom. The second-order valence-corrected chi connectivity index (χ2v) is 6.81. The molecule has 134 valence electrons. The normalized spacial score (nSPS) is 11.8. The number of nitrogens with one attached hydrogen (secondary N) is 1. The highest BCUT2D eigenvalue weighted by Gasteiger charge is 2.20. The van der Waals surface area contributed by atoms with Crippen LogP contribution in [0.2, 0.25) is 0 Å². The summed E-state index contributed by atoms with van der Waals surface area (Å²) in [6.07, 6.45) is 0. The molecule has 0 saturated heterocycles. The van der Waals surface area contributed by atoms with Crippen LogP contribution >= 0.6 is 11.3 Å². The van der Waals surface area contributed by atoms with Crippen molar-refractivity contribution in [2.24, 2.45) is 0 Å². The van der Waals surface area contributed by atoms with Gasteiger partial charge in [0.05, 0.1) is 6.04 Å². The maximum absolute atomic E-state index is 12.3. The zero-order valence-corrected chi connectivity index (χ0v) is 15.3. The number of thiophene rings is 1. The summed E-state index contributed by atoms with van der Waals surface area (Å²) >= 11 is 1.56. The Balaban J connectivity index is 1.65. The van der Waals surface area contributed by atoms with Gasteiger partial charge in [0.15, 0.2) is 6.61 Å². The molecule has 0 aliphatic rings. The Labute approximate surface area is 155 Å². The molecule has 0 bridgehead atoms. The largest absolute Gasteiger partial charge is 0.466 e. The minimum absolute atomic E-state index is 0.277. The molecule has 3 aromatic rings. The molecule has 1 N–H and O–H groups in total. The first kappa shape index (κ1) is 17.9. The molecule has 0 aliphatic carbocycles. The molecule has 0 saturated carbocycles. The number of hydrogen-bond donors (Lipinski definition) is 1. The number of amides is 1. The second-order valence-electron chi connectivity index (χ2n) is 5.83. The van der Waals surface area contributed by atoms with Crippen LogP contribution in [0.4, 0.5) is 0 Å². The maximum atomic E-state index is 12.3. The lowest BCUT2D eigenvalue weighted by atomic mass is 10.1. The van der Waals surface area contributed by atoms with E-state index in [1.54, 1.807) is 31.3 Å². The molecule has 6 heteroatoms. The van der Waals surface area contributed by atoms with Gasteiger partial charge in [-0.1, -0.05) is 36.4 Å². The highest BCUT2D eigenvalue weighted by Crippen LogP contribution is 2.25. The van der Waals surface area contributed by atoms with Crippen molar-refractivity contribution in [3.05, 3.63) is 81.4 Å². The third-order valence-corrected chi connectivity index (χ3v) is 4.80. The molecule has 0 radical (unpaired) electrons. The van der Waals surface area contributed by atoms with Crippen LogP contribution in [0.3, 0.4) is 0 Å². The van der Waals surface area contributed by atoms with Crippen molar-refractivity contribution in [1.29, 1.82) is 0 Å². The van der Waals surface area contributed by atoms with Crippen LogP contribution in [0, 0.1) is 13.8 Å². The minimum Gasteiger partial charge on any atom is -0.466 e. The first-order valence-corrected chi connectivity index (χ1v) is 9.04. The molecular weight excluding hydrogens is 350 g/mol. The minimum atomic E-state index is -0.568. The van der Waals surface area contributed by atoms with Gasteiger partial charge < -0.3 is 14.5 Å². The Hall–Kier alpha value is -2.86. The number of carbonyl (C=O) groups excluding carboxylic acids is 2. The summed E-state index contributed by atoms with van der Waals surface area (Å²) in [6, 6.07) is 14.9. The quantitative estimate of drug-likeness (QED) is 0.666. The molecule has 1 atom stereocenters. The SMILES string of the molecule is Cc1cc(C(=O)OCC(=O)N[C@@H](c2ccccc2)c2cccs2)c(C)o1. The molecule has 5 nitrogen and oxygen atoms in total. The average molecular weight is 369 g/mol.